The third-order valence-corrected chi connectivity index (χ3v) is 11.4. The van der Waals surface area contributed by atoms with Gasteiger partial charge in [0.25, 0.3) is 11.8 Å². The number of halogens is 1. The smallest absolute Gasteiger partial charge is 0.434 e. The van der Waals surface area contributed by atoms with Crippen molar-refractivity contribution >= 4 is 44.7 Å². The van der Waals surface area contributed by atoms with Gasteiger partial charge in [0.05, 0.1) is 46.4 Å². The zero-order valence-electron chi connectivity index (χ0n) is 26.6. The van der Waals surface area contributed by atoms with E-state index in [4.69, 9.17) is 30.7 Å². The van der Waals surface area contributed by atoms with Gasteiger partial charge in [0.2, 0.25) is 0 Å². The Bertz CT molecular complexity index is 2330. The highest BCUT2D eigenvalue weighted by atomic mass is 35.5. The Balaban J connectivity index is 1.20. The molecule has 3 aliphatic rings. The van der Waals surface area contributed by atoms with Crippen LogP contribution in [0.25, 0.3) is 32.0 Å². The molecule has 0 saturated carbocycles. The predicted octanol–water partition coefficient (Wildman–Crippen LogP) is 7.54. The molecule has 0 spiro atoms. The molecule has 6 heterocycles. The number of carbonyl (C=O) groups excluding carboxylic acids is 1. The van der Waals surface area contributed by atoms with Gasteiger partial charge in [0.1, 0.15) is 11.6 Å². The minimum Gasteiger partial charge on any atom is -0.496 e. The molecule has 4 aromatic heterocycles. The average molecular weight is 691 g/mol. The van der Waals surface area contributed by atoms with E-state index in [-0.39, 0.29) is 23.9 Å². The fraction of sp³-hybridized carbons (Fsp3) is 0.270. The molecule has 2 aliphatic heterocycles. The van der Waals surface area contributed by atoms with Gasteiger partial charge >= 0.3 is 5.76 Å². The molecule has 246 valence electrons. The van der Waals surface area contributed by atoms with Crippen LogP contribution >= 0.6 is 22.9 Å². The van der Waals surface area contributed by atoms with Crippen LogP contribution in [0, 0.1) is 0 Å². The molecule has 6 aromatic rings. The van der Waals surface area contributed by atoms with Crippen LogP contribution in [0.15, 0.2) is 70.0 Å². The lowest BCUT2D eigenvalue weighted by atomic mass is 9.93. The predicted molar refractivity (Wildman–Crippen MR) is 189 cm³/mol. The molecule has 0 bridgehead atoms. The van der Waals surface area contributed by atoms with Crippen LogP contribution in [0.1, 0.15) is 69.8 Å². The third-order valence-electron chi connectivity index (χ3n) is 10.00. The highest BCUT2D eigenvalue weighted by molar-refractivity contribution is 7.23. The minimum absolute atomic E-state index is 0.0474. The molecule has 2 atom stereocenters. The molecule has 49 heavy (non-hydrogen) atoms. The number of thiophene rings is 1. The zero-order chi connectivity index (χ0) is 33.2. The maximum absolute atomic E-state index is 14.2. The first-order chi connectivity index (χ1) is 24.0. The minimum atomic E-state index is -0.669. The van der Waals surface area contributed by atoms with Gasteiger partial charge in [-0.3, -0.25) is 9.78 Å². The fourth-order valence-electron chi connectivity index (χ4n) is 7.78. The molecule has 0 radical (unpaired) electrons. The first-order valence-corrected chi connectivity index (χ1v) is 17.7. The molecule has 2 N–H and O–H groups in total. The summed E-state index contributed by atoms with van der Waals surface area (Å²) in [5, 5.41) is 12.1. The van der Waals surface area contributed by atoms with E-state index in [1.54, 1.807) is 18.4 Å². The second kappa shape index (κ2) is 11.9. The largest absolute Gasteiger partial charge is 0.496 e. The number of ether oxygens (including phenoxy) is 1. The first kappa shape index (κ1) is 30.1. The number of rotatable bonds is 8. The molecule has 12 heteroatoms. The summed E-state index contributed by atoms with van der Waals surface area (Å²) in [6.45, 7) is 0.685. The number of aryl methyl sites for hydroxylation is 2. The van der Waals surface area contributed by atoms with Gasteiger partial charge in [-0.2, -0.15) is 0 Å². The number of amides is 1. The van der Waals surface area contributed by atoms with E-state index >= 15 is 0 Å². The van der Waals surface area contributed by atoms with Crippen LogP contribution in [0.3, 0.4) is 0 Å². The maximum Gasteiger partial charge on any atom is 0.434 e. The van der Waals surface area contributed by atoms with Gasteiger partial charge in [-0.25, -0.2) is 14.9 Å². The van der Waals surface area contributed by atoms with Crippen molar-refractivity contribution in [3.8, 4) is 27.6 Å². The Morgan fingerprint density at radius 3 is 2.78 bits per heavy atom. The van der Waals surface area contributed by atoms with E-state index in [0.29, 0.717) is 41.1 Å². The topological polar surface area (TPSA) is 126 Å². The summed E-state index contributed by atoms with van der Waals surface area (Å²) in [6.07, 6.45) is 6.66. The van der Waals surface area contributed by atoms with Gasteiger partial charge in [-0.15, -0.1) is 16.4 Å². The quantitative estimate of drug-likeness (QED) is 0.168. The monoisotopic (exact) mass is 690 g/mol. The van der Waals surface area contributed by atoms with E-state index in [9.17, 15) is 9.59 Å². The number of carbonyl (C=O) groups is 1. The SMILES string of the molecule is COc1cccc2c1CC[C@@H]2Nc1nccc2cc(-c3c4c(nc(CCc5ccc(Cl)cc5)c3-c3n[nH]c(=O)o3)[C@H]3CCCN3C4=O)sc12. The Kier molecular flexibility index (Phi) is 7.28. The van der Waals surface area contributed by atoms with Gasteiger partial charge in [-0.1, -0.05) is 35.9 Å². The Morgan fingerprint density at radius 2 is 1.96 bits per heavy atom. The summed E-state index contributed by atoms with van der Waals surface area (Å²) in [6, 6.07) is 18.0. The number of fused-ring (bicyclic) bond motifs is 5. The van der Waals surface area contributed by atoms with Crippen molar-refractivity contribution in [2.75, 3.05) is 19.0 Å². The second-order valence-corrected chi connectivity index (χ2v) is 14.2. The van der Waals surface area contributed by atoms with Crippen molar-refractivity contribution in [3.05, 3.63) is 110 Å². The summed E-state index contributed by atoms with van der Waals surface area (Å²) in [4.78, 5) is 39.3. The highest BCUT2D eigenvalue weighted by Gasteiger charge is 2.45. The van der Waals surface area contributed by atoms with Crippen LogP contribution in [0.2, 0.25) is 5.02 Å². The number of nitrogens with one attached hydrogen (secondary N) is 2. The Hall–Kier alpha value is -5.00. The number of anilines is 1. The molecule has 10 nitrogen and oxygen atoms in total. The Morgan fingerprint density at radius 1 is 1.08 bits per heavy atom. The summed E-state index contributed by atoms with van der Waals surface area (Å²) in [5.74, 6) is 1.09. The number of aromatic nitrogens is 4. The molecule has 0 unspecified atom stereocenters. The van der Waals surface area contributed by atoms with Crippen LogP contribution in [-0.2, 0) is 19.3 Å². The molecular formula is C37H31ClN6O4S. The average Bonchev–Trinajstić information content (AvgIpc) is 3.95. The molecule has 9 rings (SSSR count). The van der Waals surface area contributed by atoms with E-state index in [1.165, 1.54) is 11.1 Å². The van der Waals surface area contributed by atoms with Gasteiger partial charge < -0.3 is 19.4 Å². The lowest BCUT2D eigenvalue weighted by Gasteiger charge is -2.16. The number of pyridine rings is 2. The molecular weight excluding hydrogens is 660 g/mol. The number of benzene rings is 2. The van der Waals surface area contributed by atoms with Gasteiger partial charge in [-0.05, 0) is 90.9 Å². The number of H-pyrrole nitrogens is 1. The Labute approximate surface area is 290 Å². The number of hydrogen-bond donors (Lipinski definition) is 2. The van der Waals surface area contributed by atoms with Crippen molar-refractivity contribution in [2.45, 2.75) is 50.6 Å². The highest BCUT2D eigenvalue weighted by Crippen LogP contribution is 2.50. The van der Waals surface area contributed by atoms with Crippen LogP contribution < -0.4 is 15.8 Å². The third kappa shape index (κ3) is 5.02. The van der Waals surface area contributed by atoms with Crippen LogP contribution in [0.5, 0.6) is 5.75 Å². The number of hydrogen-bond acceptors (Lipinski definition) is 9. The normalized spacial score (nSPS) is 17.8. The van der Waals surface area contributed by atoms with Crippen molar-refractivity contribution in [1.82, 2.24) is 25.1 Å². The van der Waals surface area contributed by atoms with Gasteiger partial charge in [0.15, 0.2) is 0 Å². The summed E-state index contributed by atoms with van der Waals surface area (Å²) in [7, 11) is 1.71. The fourth-order valence-corrected chi connectivity index (χ4v) is 9.07. The number of aromatic amines is 1. The number of nitrogens with zero attached hydrogens (tertiary/aromatic N) is 4. The summed E-state index contributed by atoms with van der Waals surface area (Å²) >= 11 is 7.73. The van der Waals surface area contributed by atoms with Crippen molar-refractivity contribution < 1.29 is 13.9 Å². The molecule has 1 amide bonds. The molecule has 1 aliphatic carbocycles. The summed E-state index contributed by atoms with van der Waals surface area (Å²) in [5.41, 5.74) is 6.88. The van der Waals surface area contributed by atoms with Crippen molar-refractivity contribution in [3.63, 3.8) is 0 Å². The maximum atomic E-state index is 14.2. The molecule has 1 saturated heterocycles. The zero-order valence-corrected chi connectivity index (χ0v) is 28.2. The standard InChI is InChI=1S/C37H31ClN6O4S/c1-47-27-6-2-4-22-23(27)12-14-24(22)41-34-33-20(15-16-39-34)18-28(49-33)30-29(35-42-43-37(46)48-35)25(13-9-19-7-10-21(38)11-8-19)40-32-26-5-3-17-44(26)36(45)31(30)32/h2,4,6-8,10-11,15-16,18,24,26H,3,5,9,12-14,17H2,1H3,(H,39,41)(H,43,46)/t24-,26+/m0/s1. The molecule has 2 aromatic carbocycles. The number of methoxy groups -OCH3 is 1. The van der Waals surface area contributed by atoms with E-state index < -0.39 is 5.76 Å². The lowest BCUT2D eigenvalue weighted by Crippen LogP contribution is -2.22. The van der Waals surface area contributed by atoms with Crippen LogP contribution in [0.4, 0.5) is 5.82 Å². The van der Waals surface area contributed by atoms with E-state index in [1.807, 2.05) is 53.6 Å². The van der Waals surface area contributed by atoms with Crippen LogP contribution in [-0.4, -0.2) is 44.6 Å². The van der Waals surface area contributed by atoms with Crippen molar-refractivity contribution in [1.29, 1.82) is 0 Å². The summed E-state index contributed by atoms with van der Waals surface area (Å²) < 4.78 is 12.2. The van der Waals surface area contributed by atoms with Crippen molar-refractivity contribution in [2.24, 2.45) is 0 Å². The lowest BCUT2D eigenvalue weighted by molar-refractivity contribution is 0.0776. The van der Waals surface area contributed by atoms with Gasteiger partial charge in [0, 0.05) is 28.2 Å². The second-order valence-electron chi connectivity index (χ2n) is 12.7. The first-order valence-electron chi connectivity index (χ1n) is 16.5. The molecule has 1 fully saturated rings. The van der Waals surface area contributed by atoms with E-state index in [2.05, 4.69) is 27.6 Å². The van der Waals surface area contributed by atoms with E-state index in [0.717, 1.165) is 69.2 Å².